The van der Waals surface area contributed by atoms with Gasteiger partial charge in [-0.05, 0) is 19.3 Å². The highest BCUT2D eigenvalue weighted by Crippen LogP contribution is 2.12. The van der Waals surface area contributed by atoms with E-state index in [-0.39, 0.29) is 11.9 Å². The number of aliphatic imine (C=N–C) groups is 1. The molecule has 8 heteroatoms. The predicted molar refractivity (Wildman–Crippen MR) is 78.3 cm³/mol. The second kappa shape index (κ2) is 7.24. The first-order valence-corrected chi connectivity index (χ1v) is 8.77. The van der Waals surface area contributed by atoms with Crippen LogP contribution in [0.4, 0.5) is 0 Å². The molecule has 20 heavy (non-hydrogen) atoms. The fourth-order valence-electron chi connectivity index (χ4n) is 2.48. The highest BCUT2D eigenvalue weighted by molar-refractivity contribution is 7.89. The van der Waals surface area contributed by atoms with Crippen molar-refractivity contribution in [1.82, 2.24) is 14.9 Å². The van der Waals surface area contributed by atoms with Gasteiger partial charge < -0.3 is 15.4 Å². The number of guanidine groups is 1. The van der Waals surface area contributed by atoms with Crippen LogP contribution in [-0.4, -0.2) is 70.4 Å². The molecule has 2 N–H and O–H groups in total. The average Bonchev–Trinajstić information content (AvgIpc) is 3.03. The number of rotatable bonds is 5. The third-order valence-corrected chi connectivity index (χ3v) is 5.56. The molecule has 1 unspecified atom stereocenters. The third kappa shape index (κ3) is 4.32. The van der Waals surface area contributed by atoms with Crippen molar-refractivity contribution >= 4 is 16.0 Å². The van der Waals surface area contributed by atoms with E-state index in [9.17, 15) is 8.42 Å². The fourth-order valence-corrected chi connectivity index (χ4v) is 4.01. The van der Waals surface area contributed by atoms with Crippen LogP contribution in [0.15, 0.2) is 4.99 Å². The summed E-state index contributed by atoms with van der Waals surface area (Å²) in [6, 6.07) is 0. The zero-order valence-electron chi connectivity index (χ0n) is 12.0. The Hall–Kier alpha value is -0.860. The van der Waals surface area contributed by atoms with Crippen molar-refractivity contribution < 1.29 is 13.2 Å². The first kappa shape index (κ1) is 15.5. The monoisotopic (exact) mass is 304 g/mol. The van der Waals surface area contributed by atoms with Crippen LogP contribution in [0.2, 0.25) is 0 Å². The molecule has 2 rings (SSSR count). The van der Waals surface area contributed by atoms with Gasteiger partial charge in [-0.25, -0.2) is 12.7 Å². The lowest BCUT2D eigenvalue weighted by atomic mass is 10.2. The lowest BCUT2D eigenvalue weighted by Crippen LogP contribution is -2.44. The van der Waals surface area contributed by atoms with E-state index in [4.69, 9.17) is 4.74 Å². The van der Waals surface area contributed by atoms with Crippen LogP contribution in [0, 0.1) is 0 Å². The summed E-state index contributed by atoms with van der Waals surface area (Å²) >= 11 is 0. The first-order valence-electron chi connectivity index (χ1n) is 7.16. The van der Waals surface area contributed by atoms with E-state index < -0.39 is 10.0 Å². The highest BCUT2D eigenvalue weighted by Gasteiger charge is 2.27. The van der Waals surface area contributed by atoms with Crippen LogP contribution in [-0.2, 0) is 14.8 Å². The Balaban J connectivity index is 1.66. The molecule has 2 aliphatic heterocycles. The maximum Gasteiger partial charge on any atom is 0.214 e. The summed E-state index contributed by atoms with van der Waals surface area (Å²) in [6.07, 6.45) is 3.18. The second-order valence-corrected chi connectivity index (χ2v) is 7.17. The summed E-state index contributed by atoms with van der Waals surface area (Å²) in [4.78, 5) is 4.12. The zero-order valence-corrected chi connectivity index (χ0v) is 12.8. The van der Waals surface area contributed by atoms with Crippen LogP contribution >= 0.6 is 0 Å². The van der Waals surface area contributed by atoms with Crippen molar-refractivity contribution in [3.63, 3.8) is 0 Å². The van der Waals surface area contributed by atoms with Gasteiger partial charge in [-0.1, -0.05) is 0 Å². The Morgan fingerprint density at radius 3 is 2.85 bits per heavy atom. The molecule has 0 aromatic rings. The maximum absolute atomic E-state index is 11.6. The maximum atomic E-state index is 11.6. The second-order valence-electron chi connectivity index (χ2n) is 5.08. The molecule has 7 nitrogen and oxygen atoms in total. The number of nitrogens with zero attached hydrogens (tertiary/aromatic N) is 2. The molecule has 0 bridgehead atoms. The number of nitrogens with one attached hydrogen (secondary N) is 2. The number of sulfonamides is 1. The normalized spacial score (nSPS) is 26.9. The topological polar surface area (TPSA) is 83.0 Å². The summed E-state index contributed by atoms with van der Waals surface area (Å²) in [5.74, 6) is 0.969. The quantitative estimate of drug-likeness (QED) is 0.522. The van der Waals surface area contributed by atoms with Crippen LogP contribution in [0.25, 0.3) is 0 Å². The van der Waals surface area contributed by atoms with Gasteiger partial charge in [0.15, 0.2) is 5.96 Å². The van der Waals surface area contributed by atoms with E-state index in [1.54, 1.807) is 7.05 Å². The summed E-state index contributed by atoms with van der Waals surface area (Å²) in [5, 5.41) is 6.34. The number of hydrogen-bond donors (Lipinski definition) is 2. The number of hydrogen-bond acceptors (Lipinski definition) is 4. The molecule has 1 atom stereocenters. The van der Waals surface area contributed by atoms with Gasteiger partial charge in [0, 0.05) is 39.8 Å². The van der Waals surface area contributed by atoms with Gasteiger partial charge in [-0.3, -0.25) is 4.99 Å². The third-order valence-electron chi connectivity index (χ3n) is 3.60. The van der Waals surface area contributed by atoms with E-state index in [1.165, 1.54) is 4.31 Å². The van der Waals surface area contributed by atoms with Crippen molar-refractivity contribution in [3.8, 4) is 0 Å². The molecule has 0 saturated carbocycles. The Morgan fingerprint density at radius 1 is 1.40 bits per heavy atom. The van der Waals surface area contributed by atoms with Crippen molar-refractivity contribution in [3.05, 3.63) is 0 Å². The van der Waals surface area contributed by atoms with Crippen molar-refractivity contribution in [2.24, 2.45) is 4.99 Å². The van der Waals surface area contributed by atoms with E-state index in [0.717, 1.165) is 32.4 Å². The molecule has 2 heterocycles. The molecule has 2 aliphatic rings. The standard InChI is InChI=1S/C12H24N4O3S/c1-13-12(15-10-11-4-2-8-19-11)14-5-7-16-6-3-9-20(16,17)18/h11H,2-10H2,1H3,(H2,13,14,15). The summed E-state index contributed by atoms with van der Waals surface area (Å²) < 4.78 is 30.3. The average molecular weight is 304 g/mol. The Morgan fingerprint density at radius 2 is 2.25 bits per heavy atom. The molecule has 116 valence electrons. The van der Waals surface area contributed by atoms with Gasteiger partial charge in [0.2, 0.25) is 10.0 Å². The minimum absolute atomic E-state index is 0.257. The molecule has 0 radical (unpaired) electrons. The molecule has 0 spiro atoms. The van der Waals surface area contributed by atoms with Crippen molar-refractivity contribution in [1.29, 1.82) is 0 Å². The smallest absolute Gasteiger partial charge is 0.214 e. The molecule has 2 fully saturated rings. The summed E-state index contributed by atoms with van der Waals surface area (Å²) in [6.45, 7) is 3.26. The van der Waals surface area contributed by atoms with Crippen LogP contribution in [0.5, 0.6) is 0 Å². The van der Waals surface area contributed by atoms with Gasteiger partial charge >= 0.3 is 0 Å². The molecule has 0 aromatic heterocycles. The van der Waals surface area contributed by atoms with Gasteiger partial charge in [-0.2, -0.15) is 0 Å². The van der Waals surface area contributed by atoms with E-state index in [0.29, 0.717) is 25.6 Å². The Bertz CT molecular complexity index is 432. The minimum Gasteiger partial charge on any atom is -0.376 e. The lowest BCUT2D eigenvalue weighted by molar-refractivity contribution is 0.114. The van der Waals surface area contributed by atoms with Gasteiger partial charge in [0.05, 0.1) is 11.9 Å². The van der Waals surface area contributed by atoms with E-state index >= 15 is 0 Å². The molecule has 0 aliphatic carbocycles. The Kier molecular flexibility index (Phi) is 5.62. The van der Waals surface area contributed by atoms with E-state index in [1.807, 2.05) is 0 Å². The highest BCUT2D eigenvalue weighted by atomic mass is 32.2. The van der Waals surface area contributed by atoms with Crippen LogP contribution < -0.4 is 10.6 Å². The molecule has 2 saturated heterocycles. The molecular formula is C12H24N4O3S. The summed E-state index contributed by atoms with van der Waals surface area (Å²) in [5.41, 5.74) is 0. The number of ether oxygens (including phenoxy) is 1. The van der Waals surface area contributed by atoms with E-state index in [2.05, 4.69) is 15.6 Å². The first-order chi connectivity index (χ1) is 9.62. The predicted octanol–water partition coefficient (Wildman–Crippen LogP) is -0.634. The molecule has 0 amide bonds. The van der Waals surface area contributed by atoms with Crippen LogP contribution in [0.1, 0.15) is 19.3 Å². The fraction of sp³-hybridized carbons (Fsp3) is 0.917. The van der Waals surface area contributed by atoms with Gasteiger partial charge in [-0.15, -0.1) is 0 Å². The SMILES string of the molecule is CN=C(NCCN1CCCS1(=O)=O)NCC1CCCO1. The summed E-state index contributed by atoms with van der Waals surface area (Å²) in [7, 11) is -1.30. The minimum atomic E-state index is -3.00. The van der Waals surface area contributed by atoms with Gasteiger partial charge in [0.25, 0.3) is 0 Å². The largest absolute Gasteiger partial charge is 0.376 e. The zero-order chi connectivity index (χ0) is 14.4. The molecular weight excluding hydrogens is 280 g/mol. The Labute approximate surface area is 120 Å². The van der Waals surface area contributed by atoms with Crippen molar-refractivity contribution in [2.45, 2.75) is 25.4 Å². The lowest BCUT2D eigenvalue weighted by Gasteiger charge is -2.17. The van der Waals surface area contributed by atoms with Gasteiger partial charge in [0.1, 0.15) is 0 Å². The van der Waals surface area contributed by atoms with Crippen molar-refractivity contribution in [2.75, 3.05) is 45.6 Å². The molecule has 0 aromatic carbocycles. The van der Waals surface area contributed by atoms with Crippen LogP contribution in [0.3, 0.4) is 0 Å².